The van der Waals surface area contributed by atoms with Crippen molar-refractivity contribution >= 4 is 21.8 Å². The van der Waals surface area contributed by atoms with Gasteiger partial charge in [-0.3, -0.25) is 4.79 Å². The predicted octanol–water partition coefficient (Wildman–Crippen LogP) is 4.44. The summed E-state index contributed by atoms with van der Waals surface area (Å²) in [6.07, 6.45) is 3.23. The summed E-state index contributed by atoms with van der Waals surface area (Å²) in [5.41, 5.74) is 0.686. The van der Waals surface area contributed by atoms with Crippen LogP contribution in [0.3, 0.4) is 0 Å². The van der Waals surface area contributed by atoms with Crippen molar-refractivity contribution in [2.45, 2.75) is 40.0 Å². The average molecular weight is 354 g/mol. The number of likely N-dealkylation sites (tertiary alicyclic amines) is 1. The molecule has 1 unspecified atom stereocenters. The molecule has 116 valence electrons. The topological polar surface area (TPSA) is 40.5 Å². The fraction of sp³-hybridized carbons (Fsp3) is 0.588. The molecule has 1 saturated heterocycles. The maximum absolute atomic E-state index is 12.6. The lowest BCUT2D eigenvalue weighted by molar-refractivity contribution is 0.0752. The highest BCUT2D eigenvalue weighted by Crippen LogP contribution is 2.35. The smallest absolute Gasteiger partial charge is 0.257 e. The van der Waals surface area contributed by atoms with Gasteiger partial charge in [-0.25, -0.2) is 0 Å². The number of benzene rings is 1. The second-order valence-electron chi connectivity index (χ2n) is 6.95. The number of aromatic hydroxyl groups is 1. The number of nitrogens with zero attached hydrogens (tertiary/aromatic N) is 1. The third kappa shape index (κ3) is 4.00. The first-order valence-corrected chi connectivity index (χ1v) is 8.36. The summed E-state index contributed by atoms with van der Waals surface area (Å²) in [4.78, 5) is 14.5. The van der Waals surface area contributed by atoms with Crippen molar-refractivity contribution in [3.8, 4) is 5.75 Å². The number of amides is 1. The third-order valence-corrected chi connectivity index (χ3v) is 4.92. The van der Waals surface area contributed by atoms with Gasteiger partial charge in [-0.2, -0.15) is 0 Å². The van der Waals surface area contributed by atoms with Crippen LogP contribution in [-0.2, 0) is 0 Å². The Bertz CT molecular complexity index is 522. The molecule has 1 aliphatic rings. The van der Waals surface area contributed by atoms with Gasteiger partial charge in [0.2, 0.25) is 0 Å². The van der Waals surface area contributed by atoms with Gasteiger partial charge in [0, 0.05) is 17.6 Å². The minimum absolute atomic E-state index is 0.0472. The van der Waals surface area contributed by atoms with Gasteiger partial charge in [0.1, 0.15) is 5.75 Å². The van der Waals surface area contributed by atoms with E-state index in [2.05, 4.69) is 36.7 Å². The van der Waals surface area contributed by atoms with Crippen LogP contribution < -0.4 is 0 Å². The van der Waals surface area contributed by atoms with Crippen LogP contribution >= 0.6 is 15.9 Å². The second-order valence-corrected chi connectivity index (χ2v) is 7.86. The van der Waals surface area contributed by atoms with Crippen molar-refractivity contribution < 1.29 is 9.90 Å². The van der Waals surface area contributed by atoms with E-state index in [1.165, 1.54) is 6.42 Å². The van der Waals surface area contributed by atoms with E-state index >= 15 is 0 Å². The molecule has 0 bridgehead atoms. The van der Waals surface area contributed by atoms with Crippen LogP contribution in [-0.4, -0.2) is 29.0 Å². The molecule has 1 amide bonds. The molecular weight excluding hydrogens is 330 g/mol. The molecule has 1 atom stereocenters. The Morgan fingerprint density at radius 2 is 2.00 bits per heavy atom. The first kappa shape index (κ1) is 16.3. The Labute approximate surface area is 135 Å². The number of carbonyl (C=O) groups excluding carboxylic acids is 1. The largest absolute Gasteiger partial charge is 0.507 e. The van der Waals surface area contributed by atoms with E-state index in [1.807, 2.05) is 4.90 Å². The number of hydrogen-bond acceptors (Lipinski definition) is 2. The average Bonchev–Trinajstić information content (AvgIpc) is 2.63. The van der Waals surface area contributed by atoms with Crippen LogP contribution in [0.15, 0.2) is 22.7 Å². The van der Waals surface area contributed by atoms with Gasteiger partial charge >= 0.3 is 0 Å². The molecule has 0 radical (unpaired) electrons. The second kappa shape index (κ2) is 6.39. The summed E-state index contributed by atoms with van der Waals surface area (Å²) in [6, 6.07) is 5.06. The summed E-state index contributed by atoms with van der Waals surface area (Å²) in [6.45, 7) is 8.37. The van der Waals surface area contributed by atoms with Crippen LogP contribution in [0.25, 0.3) is 0 Å². The van der Waals surface area contributed by atoms with E-state index in [0.717, 1.165) is 30.4 Å². The summed E-state index contributed by atoms with van der Waals surface area (Å²) >= 11 is 3.30. The first-order chi connectivity index (χ1) is 9.79. The lowest BCUT2D eigenvalue weighted by Crippen LogP contribution is -2.32. The number of carbonyl (C=O) groups is 1. The molecule has 1 N–H and O–H groups in total. The van der Waals surface area contributed by atoms with E-state index in [-0.39, 0.29) is 11.7 Å². The highest BCUT2D eigenvalue weighted by atomic mass is 79.9. The molecule has 1 aliphatic heterocycles. The lowest BCUT2D eigenvalue weighted by Gasteiger charge is -2.29. The maximum atomic E-state index is 12.6. The van der Waals surface area contributed by atoms with Crippen LogP contribution in [0.2, 0.25) is 0 Å². The van der Waals surface area contributed by atoms with Gasteiger partial charge in [0.05, 0.1) is 5.56 Å². The van der Waals surface area contributed by atoms with Crippen molar-refractivity contribution in [1.29, 1.82) is 0 Å². The number of phenolic OH excluding ortho intramolecular Hbond substituents is 1. The fourth-order valence-electron chi connectivity index (χ4n) is 3.02. The summed E-state index contributed by atoms with van der Waals surface area (Å²) < 4.78 is 0.778. The maximum Gasteiger partial charge on any atom is 0.257 e. The zero-order valence-corrected chi connectivity index (χ0v) is 14.6. The Morgan fingerprint density at radius 3 is 2.62 bits per heavy atom. The molecule has 1 aromatic rings. The van der Waals surface area contributed by atoms with Gasteiger partial charge in [-0.05, 0) is 48.8 Å². The molecule has 1 fully saturated rings. The minimum Gasteiger partial charge on any atom is -0.507 e. The van der Waals surface area contributed by atoms with Crippen LogP contribution in [0.5, 0.6) is 5.75 Å². The van der Waals surface area contributed by atoms with Crippen molar-refractivity contribution in [3.63, 3.8) is 0 Å². The SMILES string of the molecule is CC(C)(C)C1CCCN(C(=O)c2ccc(Br)cc2O)CC1. The van der Waals surface area contributed by atoms with Gasteiger partial charge in [-0.15, -0.1) is 0 Å². The molecule has 3 nitrogen and oxygen atoms in total. The van der Waals surface area contributed by atoms with E-state index in [9.17, 15) is 9.90 Å². The van der Waals surface area contributed by atoms with Gasteiger partial charge < -0.3 is 10.0 Å². The summed E-state index contributed by atoms with van der Waals surface area (Å²) in [5, 5.41) is 9.97. The van der Waals surface area contributed by atoms with Gasteiger partial charge in [0.25, 0.3) is 5.91 Å². The molecule has 4 heteroatoms. The van der Waals surface area contributed by atoms with Crippen LogP contribution in [0, 0.1) is 11.3 Å². The van der Waals surface area contributed by atoms with E-state index in [1.54, 1.807) is 18.2 Å². The van der Waals surface area contributed by atoms with E-state index in [4.69, 9.17) is 0 Å². The zero-order chi connectivity index (χ0) is 15.6. The Morgan fingerprint density at radius 1 is 1.29 bits per heavy atom. The quantitative estimate of drug-likeness (QED) is 0.810. The zero-order valence-electron chi connectivity index (χ0n) is 13.0. The standard InChI is InChI=1S/C17H24BrNO2/c1-17(2,3)12-5-4-9-19(10-8-12)16(21)14-7-6-13(18)11-15(14)20/h6-7,11-12,20H,4-5,8-10H2,1-3H3. The number of phenols is 1. The molecule has 1 aromatic carbocycles. The fourth-order valence-corrected chi connectivity index (χ4v) is 3.37. The summed E-state index contributed by atoms with van der Waals surface area (Å²) in [5.74, 6) is 0.634. The highest BCUT2D eigenvalue weighted by Gasteiger charge is 2.29. The Balaban J connectivity index is 2.10. The van der Waals surface area contributed by atoms with E-state index in [0.29, 0.717) is 16.9 Å². The number of halogens is 1. The molecule has 21 heavy (non-hydrogen) atoms. The monoisotopic (exact) mass is 353 g/mol. The minimum atomic E-state index is -0.0606. The summed E-state index contributed by atoms with van der Waals surface area (Å²) in [7, 11) is 0. The molecule has 2 rings (SSSR count). The van der Waals surface area contributed by atoms with Crippen LogP contribution in [0.1, 0.15) is 50.4 Å². The Hall–Kier alpha value is -1.03. The normalized spacial score (nSPS) is 20.2. The number of rotatable bonds is 1. The molecule has 1 heterocycles. The van der Waals surface area contributed by atoms with Gasteiger partial charge in [-0.1, -0.05) is 36.7 Å². The van der Waals surface area contributed by atoms with E-state index < -0.39 is 0 Å². The van der Waals surface area contributed by atoms with Crippen molar-refractivity contribution in [3.05, 3.63) is 28.2 Å². The Kier molecular flexibility index (Phi) is 4.97. The number of hydrogen-bond donors (Lipinski definition) is 1. The van der Waals surface area contributed by atoms with Crippen molar-refractivity contribution in [1.82, 2.24) is 4.90 Å². The third-order valence-electron chi connectivity index (χ3n) is 4.43. The highest BCUT2D eigenvalue weighted by molar-refractivity contribution is 9.10. The molecule has 0 saturated carbocycles. The molecule has 0 aliphatic carbocycles. The molecular formula is C17H24BrNO2. The molecule has 0 spiro atoms. The van der Waals surface area contributed by atoms with Crippen molar-refractivity contribution in [2.75, 3.05) is 13.1 Å². The first-order valence-electron chi connectivity index (χ1n) is 7.57. The van der Waals surface area contributed by atoms with Crippen molar-refractivity contribution in [2.24, 2.45) is 11.3 Å². The van der Waals surface area contributed by atoms with Gasteiger partial charge in [0.15, 0.2) is 0 Å². The predicted molar refractivity (Wildman–Crippen MR) is 88.5 cm³/mol. The van der Waals surface area contributed by atoms with Crippen LogP contribution in [0.4, 0.5) is 0 Å². The lowest BCUT2D eigenvalue weighted by atomic mass is 9.77. The molecule has 0 aromatic heterocycles.